The third-order valence-electron chi connectivity index (χ3n) is 3.28. The number of carbonyl (C=O) groups excluding carboxylic acids is 1. The molecule has 1 atom stereocenters. The highest BCUT2D eigenvalue weighted by Gasteiger charge is 2.14. The van der Waals surface area contributed by atoms with Gasteiger partial charge in [-0.2, -0.15) is 0 Å². The fourth-order valence-corrected chi connectivity index (χ4v) is 3.39. The number of benzene rings is 1. The number of imidazole rings is 1. The van der Waals surface area contributed by atoms with Crippen molar-refractivity contribution in [1.29, 1.82) is 0 Å². The first-order valence-electron chi connectivity index (χ1n) is 7.62. The van der Waals surface area contributed by atoms with Crippen LogP contribution in [0.4, 0.5) is 0 Å². The molecule has 0 bridgehead atoms. The van der Waals surface area contributed by atoms with Crippen LogP contribution < -0.4 is 5.32 Å². The van der Waals surface area contributed by atoms with Gasteiger partial charge in [0.1, 0.15) is 0 Å². The molecule has 0 radical (unpaired) electrons. The molecular formula is C16H22ClN3O2S. The van der Waals surface area contributed by atoms with Crippen LogP contribution in [0.25, 0.3) is 11.0 Å². The number of amides is 1. The Morgan fingerprint density at radius 3 is 3.00 bits per heavy atom. The molecule has 2 rings (SSSR count). The van der Waals surface area contributed by atoms with Gasteiger partial charge in [-0.25, -0.2) is 4.98 Å². The van der Waals surface area contributed by atoms with Gasteiger partial charge in [0.25, 0.3) is 0 Å². The van der Waals surface area contributed by atoms with Crippen molar-refractivity contribution in [1.82, 2.24) is 14.9 Å². The number of nitrogens with zero attached hydrogens (tertiary/aromatic N) is 2. The second-order valence-corrected chi connectivity index (χ2v) is 6.77. The van der Waals surface area contributed by atoms with Crippen molar-refractivity contribution in [3.63, 3.8) is 0 Å². The van der Waals surface area contributed by atoms with Crippen molar-refractivity contribution in [2.24, 2.45) is 0 Å². The summed E-state index contributed by atoms with van der Waals surface area (Å²) in [5.74, 6) is 0.308. The Balaban J connectivity index is 2.09. The minimum atomic E-state index is -0.0207. The lowest BCUT2D eigenvalue weighted by atomic mass is 10.3. The largest absolute Gasteiger partial charge is 0.383 e. The van der Waals surface area contributed by atoms with Gasteiger partial charge in [0.05, 0.1) is 23.4 Å². The van der Waals surface area contributed by atoms with E-state index in [1.165, 1.54) is 11.8 Å². The number of aryl methyl sites for hydroxylation is 1. The molecule has 1 unspecified atom stereocenters. The number of hydrogen-bond acceptors (Lipinski definition) is 4. The number of ether oxygens (including phenoxy) is 1. The Kier molecular flexibility index (Phi) is 6.74. The number of aromatic nitrogens is 2. The number of rotatable bonds is 8. The second kappa shape index (κ2) is 8.57. The van der Waals surface area contributed by atoms with Gasteiger partial charge in [-0.1, -0.05) is 30.3 Å². The number of halogens is 1. The first-order valence-corrected chi connectivity index (χ1v) is 8.98. The summed E-state index contributed by atoms with van der Waals surface area (Å²) in [7, 11) is 1.62. The highest BCUT2D eigenvalue weighted by Crippen LogP contribution is 2.26. The van der Waals surface area contributed by atoms with Crippen LogP contribution in [0.15, 0.2) is 23.4 Å². The first kappa shape index (κ1) is 18.1. The van der Waals surface area contributed by atoms with E-state index >= 15 is 0 Å². The molecule has 1 aromatic heterocycles. The fraction of sp³-hybridized carbons (Fsp3) is 0.500. The Labute approximate surface area is 145 Å². The minimum absolute atomic E-state index is 0.00126. The number of methoxy groups -OCH3 is 1. The summed E-state index contributed by atoms with van der Waals surface area (Å²) < 4.78 is 7.16. The molecule has 23 heavy (non-hydrogen) atoms. The van der Waals surface area contributed by atoms with Gasteiger partial charge in [0.2, 0.25) is 5.91 Å². The van der Waals surface area contributed by atoms with E-state index < -0.39 is 0 Å². The second-order valence-electron chi connectivity index (χ2n) is 5.39. The molecule has 0 fully saturated rings. The van der Waals surface area contributed by atoms with Gasteiger partial charge >= 0.3 is 0 Å². The summed E-state index contributed by atoms with van der Waals surface area (Å²) in [4.78, 5) is 16.6. The first-order chi connectivity index (χ1) is 11.0. The van der Waals surface area contributed by atoms with Crippen molar-refractivity contribution in [2.45, 2.75) is 38.0 Å². The third-order valence-corrected chi connectivity index (χ3v) is 4.49. The molecule has 126 valence electrons. The average molecular weight is 356 g/mol. The van der Waals surface area contributed by atoms with E-state index in [0.29, 0.717) is 17.4 Å². The zero-order valence-electron chi connectivity index (χ0n) is 13.6. The lowest BCUT2D eigenvalue weighted by molar-refractivity contribution is -0.119. The van der Waals surface area contributed by atoms with Gasteiger partial charge in [-0.05, 0) is 31.5 Å². The normalized spacial score (nSPS) is 12.5. The standard InChI is InChI=1S/C16H22ClN3O2S/c1-4-7-20-14-6-5-12(17)8-13(14)19-16(20)23-10-15(21)18-11(2)9-22-3/h5-6,8,11H,4,7,9-10H2,1-3H3,(H,18,21). The van der Waals surface area contributed by atoms with E-state index in [1.807, 2.05) is 25.1 Å². The van der Waals surface area contributed by atoms with Gasteiger partial charge in [0, 0.05) is 24.7 Å². The highest BCUT2D eigenvalue weighted by atomic mass is 35.5. The average Bonchev–Trinajstić information content (AvgIpc) is 2.83. The summed E-state index contributed by atoms with van der Waals surface area (Å²) in [6.07, 6.45) is 0.999. The van der Waals surface area contributed by atoms with Crippen molar-refractivity contribution >= 4 is 40.3 Å². The van der Waals surface area contributed by atoms with Crippen molar-refractivity contribution in [2.75, 3.05) is 19.5 Å². The Bertz CT molecular complexity index is 675. The summed E-state index contributed by atoms with van der Waals surface area (Å²) in [5, 5.41) is 4.42. The molecule has 2 aromatic rings. The Morgan fingerprint density at radius 1 is 1.52 bits per heavy atom. The molecule has 1 heterocycles. The van der Waals surface area contributed by atoms with Crippen LogP contribution in [0, 0.1) is 0 Å². The van der Waals surface area contributed by atoms with Crippen LogP contribution >= 0.6 is 23.4 Å². The number of thioether (sulfide) groups is 1. The lowest BCUT2D eigenvalue weighted by Gasteiger charge is -2.12. The molecule has 0 saturated carbocycles. The molecule has 1 amide bonds. The summed E-state index contributed by atoms with van der Waals surface area (Å²) >= 11 is 7.48. The number of hydrogen-bond donors (Lipinski definition) is 1. The van der Waals surface area contributed by atoms with Crippen LogP contribution in [0.5, 0.6) is 0 Å². The van der Waals surface area contributed by atoms with Crippen LogP contribution in [-0.4, -0.2) is 41.0 Å². The maximum Gasteiger partial charge on any atom is 0.230 e. The zero-order valence-corrected chi connectivity index (χ0v) is 15.2. The minimum Gasteiger partial charge on any atom is -0.383 e. The summed E-state index contributed by atoms with van der Waals surface area (Å²) in [6, 6.07) is 5.70. The van der Waals surface area contributed by atoms with E-state index in [-0.39, 0.29) is 11.9 Å². The van der Waals surface area contributed by atoms with Gasteiger partial charge < -0.3 is 14.6 Å². The topological polar surface area (TPSA) is 56.2 Å². The number of nitrogens with one attached hydrogen (secondary N) is 1. The van der Waals surface area contributed by atoms with Crippen LogP contribution in [-0.2, 0) is 16.1 Å². The number of carbonyl (C=O) groups is 1. The quantitative estimate of drug-likeness (QED) is 0.738. The van der Waals surface area contributed by atoms with Crippen LogP contribution in [0.1, 0.15) is 20.3 Å². The molecule has 0 spiro atoms. The molecule has 0 aliphatic carbocycles. The number of fused-ring (bicyclic) bond motifs is 1. The molecule has 1 aromatic carbocycles. The van der Waals surface area contributed by atoms with E-state index in [0.717, 1.165) is 29.2 Å². The Morgan fingerprint density at radius 2 is 2.30 bits per heavy atom. The predicted octanol–water partition coefficient (Wildman–Crippen LogP) is 3.34. The van der Waals surface area contributed by atoms with Crippen LogP contribution in [0.2, 0.25) is 5.02 Å². The van der Waals surface area contributed by atoms with Crippen molar-refractivity contribution < 1.29 is 9.53 Å². The lowest BCUT2D eigenvalue weighted by Crippen LogP contribution is -2.36. The van der Waals surface area contributed by atoms with Crippen molar-refractivity contribution in [3.05, 3.63) is 23.2 Å². The maximum absolute atomic E-state index is 12.0. The van der Waals surface area contributed by atoms with Crippen molar-refractivity contribution in [3.8, 4) is 0 Å². The summed E-state index contributed by atoms with van der Waals surface area (Å²) in [5.41, 5.74) is 1.91. The zero-order chi connectivity index (χ0) is 16.8. The Hall–Kier alpha value is -1.24. The molecular weight excluding hydrogens is 334 g/mol. The van der Waals surface area contributed by atoms with E-state index in [4.69, 9.17) is 16.3 Å². The molecule has 0 aliphatic heterocycles. The predicted molar refractivity (Wildman–Crippen MR) is 95.2 cm³/mol. The van der Waals surface area contributed by atoms with Gasteiger partial charge in [0.15, 0.2) is 5.16 Å². The van der Waals surface area contributed by atoms with E-state index in [2.05, 4.69) is 21.8 Å². The summed E-state index contributed by atoms with van der Waals surface area (Å²) in [6.45, 7) is 5.40. The van der Waals surface area contributed by atoms with Gasteiger partial charge in [-0.15, -0.1) is 0 Å². The molecule has 5 nitrogen and oxygen atoms in total. The van der Waals surface area contributed by atoms with E-state index in [9.17, 15) is 4.79 Å². The fourth-order valence-electron chi connectivity index (χ4n) is 2.37. The maximum atomic E-state index is 12.0. The highest BCUT2D eigenvalue weighted by molar-refractivity contribution is 7.99. The SMILES string of the molecule is CCCn1c(SCC(=O)NC(C)COC)nc2cc(Cl)ccc21. The smallest absolute Gasteiger partial charge is 0.230 e. The van der Waals surface area contributed by atoms with Gasteiger partial charge in [-0.3, -0.25) is 4.79 Å². The molecule has 7 heteroatoms. The van der Waals surface area contributed by atoms with E-state index in [1.54, 1.807) is 7.11 Å². The third kappa shape index (κ3) is 4.86. The molecule has 1 N–H and O–H groups in total. The molecule has 0 aliphatic rings. The monoisotopic (exact) mass is 355 g/mol. The molecule has 0 saturated heterocycles. The van der Waals surface area contributed by atoms with Crippen LogP contribution in [0.3, 0.4) is 0 Å².